The molecule has 0 bridgehead atoms. The first-order valence-electron chi connectivity index (χ1n) is 8.71. The monoisotopic (exact) mass is 343 g/mol. The van der Waals surface area contributed by atoms with E-state index >= 15 is 0 Å². The Kier molecular flexibility index (Phi) is 5.83. The van der Waals surface area contributed by atoms with Crippen molar-refractivity contribution in [2.45, 2.75) is 31.8 Å². The van der Waals surface area contributed by atoms with Crippen LogP contribution in [0.15, 0.2) is 36.8 Å². The Morgan fingerprint density at radius 3 is 2.88 bits per heavy atom. The van der Waals surface area contributed by atoms with Gasteiger partial charge in [-0.1, -0.05) is 12.1 Å². The molecule has 134 valence electrons. The molecule has 6 heteroatoms. The maximum Gasteiger partial charge on any atom is 0.335 e. The predicted octanol–water partition coefficient (Wildman–Crippen LogP) is 2.61. The Balaban J connectivity index is 1.63. The number of rotatable bonds is 7. The van der Waals surface area contributed by atoms with Gasteiger partial charge in [-0.2, -0.15) is 0 Å². The van der Waals surface area contributed by atoms with Crippen LogP contribution in [0, 0.1) is 0 Å². The van der Waals surface area contributed by atoms with Crippen molar-refractivity contribution in [1.82, 2.24) is 14.5 Å². The fourth-order valence-corrected chi connectivity index (χ4v) is 3.47. The van der Waals surface area contributed by atoms with E-state index in [2.05, 4.69) is 14.5 Å². The molecule has 1 saturated heterocycles. The zero-order chi connectivity index (χ0) is 17.6. The van der Waals surface area contributed by atoms with E-state index < -0.39 is 5.97 Å². The number of carbonyl (C=O) groups is 1. The third-order valence-electron chi connectivity index (χ3n) is 4.85. The summed E-state index contributed by atoms with van der Waals surface area (Å²) in [6.45, 7) is 4.45. The normalized spacial score (nSPS) is 18.4. The van der Waals surface area contributed by atoms with Crippen molar-refractivity contribution in [1.29, 1.82) is 0 Å². The molecule has 1 aromatic carbocycles. The lowest BCUT2D eigenvalue weighted by atomic mass is 9.90. The van der Waals surface area contributed by atoms with Crippen LogP contribution in [-0.2, 0) is 17.8 Å². The van der Waals surface area contributed by atoms with Gasteiger partial charge in [0.2, 0.25) is 0 Å². The summed E-state index contributed by atoms with van der Waals surface area (Å²) in [6.07, 6.45) is 6.09. The topological polar surface area (TPSA) is 67.6 Å². The van der Waals surface area contributed by atoms with E-state index in [0.717, 1.165) is 39.0 Å². The first kappa shape index (κ1) is 17.6. The minimum absolute atomic E-state index is 0.346. The van der Waals surface area contributed by atoms with Crippen LogP contribution in [0.25, 0.3) is 0 Å². The number of carboxylic acids is 1. The van der Waals surface area contributed by atoms with Crippen molar-refractivity contribution in [3.05, 3.63) is 53.6 Å². The van der Waals surface area contributed by atoms with Crippen LogP contribution in [-0.4, -0.2) is 52.3 Å². The minimum atomic E-state index is -0.874. The van der Waals surface area contributed by atoms with E-state index in [0.29, 0.717) is 18.1 Å². The number of nitrogens with zero attached hydrogens (tertiary/aromatic N) is 3. The van der Waals surface area contributed by atoms with Gasteiger partial charge in [-0.05, 0) is 43.0 Å². The van der Waals surface area contributed by atoms with E-state index in [1.807, 2.05) is 24.7 Å². The van der Waals surface area contributed by atoms with Crippen LogP contribution < -0.4 is 0 Å². The molecule has 25 heavy (non-hydrogen) atoms. The van der Waals surface area contributed by atoms with Gasteiger partial charge in [-0.15, -0.1) is 0 Å². The van der Waals surface area contributed by atoms with Gasteiger partial charge in [0.15, 0.2) is 0 Å². The van der Waals surface area contributed by atoms with Gasteiger partial charge in [0.05, 0.1) is 24.2 Å². The lowest BCUT2D eigenvalue weighted by Gasteiger charge is -2.33. The maximum atomic E-state index is 11.0. The molecule has 1 N–H and O–H groups in total. The largest absolute Gasteiger partial charge is 0.478 e. The highest BCUT2D eigenvalue weighted by Gasteiger charge is 2.22. The van der Waals surface area contributed by atoms with E-state index in [4.69, 9.17) is 9.84 Å². The molecule has 1 aliphatic rings. The average Bonchev–Trinajstić information content (AvgIpc) is 3.07. The van der Waals surface area contributed by atoms with Crippen LogP contribution in [0.2, 0.25) is 0 Å². The molecule has 1 aliphatic heterocycles. The fraction of sp³-hybridized carbons (Fsp3) is 0.474. The summed E-state index contributed by atoms with van der Waals surface area (Å²) in [5, 5.41) is 9.03. The molecule has 0 aliphatic carbocycles. The number of hydrogen-bond acceptors (Lipinski definition) is 4. The molecule has 1 unspecified atom stereocenters. The van der Waals surface area contributed by atoms with Crippen molar-refractivity contribution in [3.63, 3.8) is 0 Å². The SMILES string of the molecule is COCCn1cncc1CN1CCCC(c2ccc(C(=O)O)cc2)C1. The summed E-state index contributed by atoms with van der Waals surface area (Å²) in [7, 11) is 1.71. The molecular formula is C19H25N3O3. The van der Waals surface area contributed by atoms with Gasteiger partial charge in [0.25, 0.3) is 0 Å². The third-order valence-corrected chi connectivity index (χ3v) is 4.85. The Morgan fingerprint density at radius 2 is 2.16 bits per heavy atom. The van der Waals surface area contributed by atoms with Gasteiger partial charge in [-0.3, -0.25) is 4.90 Å². The molecule has 2 aromatic rings. The number of benzene rings is 1. The van der Waals surface area contributed by atoms with Crippen LogP contribution >= 0.6 is 0 Å². The molecule has 1 atom stereocenters. The number of hydrogen-bond donors (Lipinski definition) is 1. The molecule has 0 radical (unpaired) electrons. The summed E-state index contributed by atoms with van der Waals surface area (Å²) >= 11 is 0. The van der Waals surface area contributed by atoms with Gasteiger partial charge >= 0.3 is 5.97 Å². The van der Waals surface area contributed by atoms with Crippen molar-refractivity contribution in [2.75, 3.05) is 26.8 Å². The second-order valence-electron chi connectivity index (χ2n) is 6.57. The highest BCUT2D eigenvalue weighted by Crippen LogP contribution is 2.28. The van der Waals surface area contributed by atoms with Crippen LogP contribution in [0.5, 0.6) is 0 Å². The molecule has 0 amide bonds. The van der Waals surface area contributed by atoms with Crippen molar-refractivity contribution >= 4 is 5.97 Å². The van der Waals surface area contributed by atoms with Crippen LogP contribution in [0.1, 0.15) is 40.4 Å². The second kappa shape index (κ2) is 8.27. The first-order valence-corrected chi connectivity index (χ1v) is 8.71. The molecule has 1 aromatic heterocycles. The summed E-state index contributed by atoms with van der Waals surface area (Å²) in [5.74, 6) is -0.423. The van der Waals surface area contributed by atoms with E-state index in [-0.39, 0.29) is 0 Å². The molecule has 3 rings (SSSR count). The summed E-state index contributed by atoms with van der Waals surface area (Å²) < 4.78 is 7.31. The van der Waals surface area contributed by atoms with Gasteiger partial charge < -0.3 is 14.4 Å². The van der Waals surface area contributed by atoms with E-state index in [1.165, 1.54) is 11.3 Å². The molecule has 2 heterocycles. The smallest absolute Gasteiger partial charge is 0.335 e. The summed E-state index contributed by atoms with van der Waals surface area (Å²) in [5.41, 5.74) is 2.78. The number of methoxy groups -OCH3 is 1. The van der Waals surface area contributed by atoms with Crippen molar-refractivity contribution < 1.29 is 14.6 Å². The molecule has 1 fully saturated rings. The number of aromatic nitrogens is 2. The Morgan fingerprint density at radius 1 is 1.36 bits per heavy atom. The van der Waals surface area contributed by atoms with Crippen LogP contribution in [0.4, 0.5) is 0 Å². The molecule has 0 saturated carbocycles. The molecule has 0 spiro atoms. The number of piperidine rings is 1. The zero-order valence-electron chi connectivity index (χ0n) is 14.6. The molecule has 6 nitrogen and oxygen atoms in total. The van der Waals surface area contributed by atoms with Gasteiger partial charge in [-0.25, -0.2) is 9.78 Å². The van der Waals surface area contributed by atoms with E-state index in [9.17, 15) is 4.79 Å². The Bertz CT molecular complexity index is 696. The Labute approximate surface area is 148 Å². The predicted molar refractivity (Wildman–Crippen MR) is 94.8 cm³/mol. The number of aromatic carboxylic acids is 1. The van der Waals surface area contributed by atoms with Crippen molar-refractivity contribution in [3.8, 4) is 0 Å². The fourth-order valence-electron chi connectivity index (χ4n) is 3.47. The third kappa shape index (κ3) is 4.46. The molecular weight excluding hydrogens is 318 g/mol. The highest BCUT2D eigenvalue weighted by molar-refractivity contribution is 5.87. The maximum absolute atomic E-state index is 11.0. The number of imidazole rings is 1. The van der Waals surface area contributed by atoms with Crippen molar-refractivity contribution in [2.24, 2.45) is 0 Å². The van der Waals surface area contributed by atoms with Gasteiger partial charge in [0, 0.05) is 32.9 Å². The first-order chi connectivity index (χ1) is 12.2. The lowest BCUT2D eigenvalue weighted by molar-refractivity contribution is 0.0697. The van der Waals surface area contributed by atoms with Crippen LogP contribution in [0.3, 0.4) is 0 Å². The quantitative estimate of drug-likeness (QED) is 0.837. The van der Waals surface area contributed by atoms with E-state index in [1.54, 1.807) is 19.2 Å². The number of likely N-dealkylation sites (tertiary alicyclic amines) is 1. The average molecular weight is 343 g/mol. The number of carboxylic acid groups (broad SMARTS) is 1. The lowest BCUT2D eigenvalue weighted by Crippen LogP contribution is -2.34. The zero-order valence-corrected chi connectivity index (χ0v) is 14.6. The van der Waals surface area contributed by atoms with Gasteiger partial charge in [0.1, 0.15) is 0 Å². The highest BCUT2D eigenvalue weighted by atomic mass is 16.5. The standard InChI is InChI=1S/C19H25N3O3/c1-25-10-9-22-14-20-11-18(22)13-21-8-2-3-17(12-21)15-4-6-16(7-5-15)19(23)24/h4-7,11,14,17H,2-3,8-10,12-13H2,1H3,(H,23,24). The minimum Gasteiger partial charge on any atom is -0.478 e. The number of ether oxygens (including phenoxy) is 1. The summed E-state index contributed by atoms with van der Waals surface area (Å²) in [6, 6.07) is 7.33. The Hall–Kier alpha value is -2.18. The summed E-state index contributed by atoms with van der Waals surface area (Å²) in [4.78, 5) is 17.7. The second-order valence-corrected chi connectivity index (χ2v) is 6.57.